The Morgan fingerprint density at radius 3 is 2.13 bits per heavy atom. The summed E-state index contributed by atoms with van der Waals surface area (Å²) in [6.07, 6.45) is 0. The van der Waals surface area contributed by atoms with Gasteiger partial charge in [0.1, 0.15) is 10.4 Å². The van der Waals surface area contributed by atoms with Crippen LogP contribution in [0.4, 0.5) is 0 Å². The summed E-state index contributed by atoms with van der Waals surface area (Å²) < 4.78 is 26.1. The van der Waals surface area contributed by atoms with E-state index in [0.717, 1.165) is 5.56 Å². The Hall–Kier alpha value is -0.300. The second-order valence-electron chi connectivity index (χ2n) is 4.71. The van der Waals surface area contributed by atoms with Crippen LogP contribution in [0.5, 0.6) is 0 Å². The van der Waals surface area contributed by atoms with Gasteiger partial charge in [-0.05, 0) is 19.1 Å². The molecule has 1 aromatic rings. The fourth-order valence-corrected chi connectivity index (χ4v) is 4.17. The highest BCUT2D eigenvalue weighted by Gasteiger charge is 2.51. The standard InChI is InChI=1S/C13H8Cl5NO3S/c1-6-2-4-7(5-3-6)23(21,22)19-10-8(14)9(15)12(20)13(17,18)11(10)16/h2-5,11H,1H3/b19-10-. The summed E-state index contributed by atoms with van der Waals surface area (Å²) in [5, 5.41) is -2.40. The van der Waals surface area contributed by atoms with Crippen molar-refractivity contribution in [3.05, 3.63) is 39.9 Å². The van der Waals surface area contributed by atoms with Gasteiger partial charge in [0.2, 0.25) is 10.1 Å². The van der Waals surface area contributed by atoms with Gasteiger partial charge in [0.25, 0.3) is 10.0 Å². The molecule has 0 heterocycles. The number of allylic oxidation sites excluding steroid dienone is 2. The maximum atomic E-state index is 12.4. The lowest BCUT2D eigenvalue weighted by Gasteiger charge is -2.29. The van der Waals surface area contributed by atoms with Gasteiger partial charge < -0.3 is 0 Å². The minimum atomic E-state index is -4.14. The number of hydrogen-bond acceptors (Lipinski definition) is 3. The van der Waals surface area contributed by atoms with Crippen LogP contribution in [0.3, 0.4) is 0 Å². The van der Waals surface area contributed by atoms with Crippen LogP contribution < -0.4 is 0 Å². The summed E-state index contributed by atoms with van der Waals surface area (Å²) in [6, 6.07) is 5.96. The first-order chi connectivity index (χ1) is 10.5. The Bertz CT molecular complexity index is 828. The molecule has 0 spiro atoms. The van der Waals surface area contributed by atoms with Crippen LogP contribution in [0.1, 0.15) is 5.56 Å². The van der Waals surface area contributed by atoms with Gasteiger partial charge in [-0.1, -0.05) is 64.1 Å². The van der Waals surface area contributed by atoms with Crippen molar-refractivity contribution in [2.24, 2.45) is 4.40 Å². The molecule has 0 radical (unpaired) electrons. The molecule has 10 heteroatoms. The van der Waals surface area contributed by atoms with Gasteiger partial charge in [-0.2, -0.15) is 12.8 Å². The number of rotatable bonds is 2. The average Bonchev–Trinajstić information content (AvgIpc) is 2.49. The molecule has 0 saturated heterocycles. The molecule has 2 rings (SSSR count). The fourth-order valence-electron chi connectivity index (χ4n) is 1.74. The molecule has 1 unspecified atom stereocenters. The number of halogens is 5. The van der Waals surface area contributed by atoms with Crippen molar-refractivity contribution in [2.75, 3.05) is 0 Å². The molecule has 1 aliphatic rings. The van der Waals surface area contributed by atoms with E-state index in [4.69, 9.17) is 58.0 Å². The molecular weight excluding hydrogens is 427 g/mol. The molecule has 0 aliphatic heterocycles. The maximum Gasteiger partial charge on any atom is 0.282 e. The minimum absolute atomic E-state index is 0.0771. The number of benzene rings is 1. The number of carbonyl (C=O) groups excluding carboxylic acids is 1. The van der Waals surface area contributed by atoms with Crippen LogP contribution in [0.25, 0.3) is 0 Å². The van der Waals surface area contributed by atoms with E-state index in [1.54, 1.807) is 19.1 Å². The maximum absolute atomic E-state index is 12.4. The smallest absolute Gasteiger partial charge is 0.282 e. The quantitative estimate of drug-likeness (QED) is 0.655. The predicted octanol–water partition coefficient (Wildman–Crippen LogP) is 4.18. The third kappa shape index (κ3) is 3.55. The number of sulfonamides is 1. The molecule has 23 heavy (non-hydrogen) atoms. The highest BCUT2D eigenvalue weighted by molar-refractivity contribution is 7.90. The second-order valence-corrected chi connectivity index (χ2v) is 8.89. The van der Waals surface area contributed by atoms with Crippen LogP contribution in [-0.2, 0) is 14.8 Å². The van der Waals surface area contributed by atoms with E-state index in [2.05, 4.69) is 4.40 Å². The molecule has 1 atom stereocenters. The van der Waals surface area contributed by atoms with Crippen molar-refractivity contribution in [3.63, 3.8) is 0 Å². The molecule has 1 aliphatic carbocycles. The molecule has 0 aromatic heterocycles. The molecule has 0 bridgehead atoms. The molecule has 4 nitrogen and oxygen atoms in total. The summed E-state index contributed by atoms with van der Waals surface area (Å²) >= 11 is 29.4. The Morgan fingerprint density at radius 2 is 1.61 bits per heavy atom. The zero-order valence-electron chi connectivity index (χ0n) is 11.4. The molecule has 0 fully saturated rings. The third-order valence-electron chi connectivity index (χ3n) is 3.02. The second kappa shape index (κ2) is 6.54. The largest absolute Gasteiger partial charge is 0.290 e. The summed E-state index contributed by atoms with van der Waals surface area (Å²) in [6.45, 7) is 1.80. The summed E-state index contributed by atoms with van der Waals surface area (Å²) in [5.41, 5.74) is 0.486. The number of aryl methyl sites for hydroxylation is 1. The van der Waals surface area contributed by atoms with Gasteiger partial charge in [-0.25, -0.2) is 0 Å². The van der Waals surface area contributed by atoms with Crippen LogP contribution in [0.2, 0.25) is 0 Å². The first-order valence-electron chi connectivity index (χ1n) is 6.02. The Balaban J connectivity index is 2.61. The Labute approximate surface area is 158 Å². The van der Waals surface area contributed by atoms with Crippen LogP contribution >= 0.6 is 58.0 Å². The van der Waals surface area contributed by atoms with Crippen LogP contribution in [0.15, 0.2) is 43.6 Å². The van der Waals surface area contributed by atoms with Crippen molar-refractivity contribution in [2.45, 2.75) is 21.5 Å². The lowest BCUT2D eigenvalue weighted by Crippen LogP contribution is -2.45. The van der Waals surface area contributed by atoms with Crippen molar-refractivity contribution in [3.8, 4) is 0 Å². The summed E-state index contributed by atoms with van der Waals surface area (Å²) in [5.74, 6) is -0.917. The summed E-state index contributed by atoms with van der Waals surface area (Å²) in [4.78, 5) is 11.8. The first kappa shape index (κ1) is 19.0. The van der Waals surface area contributed by atoms with Crippen LogP contribution in [-0.4, -0.2) is 29.6 Å². The lowest BCUT2D eigenvalue weighted by atomic mass is 10.0. The molecule has 0 saturated carbocycles. The van der Waals surface area contributed by atoms with E-state index in [0.29, 0.717) is 0 Å². The van der Waals surface area contributed by atoms with E-state index in [1.165, 1.54) is 12.1 Å². The van der Waals surface area contributed by atoms with E-state index in [-0.39, 0.29) is 10.6 Å². The van der Waals surface area contributed by atoms with Crippen molar-refractivity contribution >= 4 is 79.5 Å². The van der Waals surface area contributed by atoms with Crippen molar-refractivity contribution < 1.29 is 13.2 Å². The number of hydrogen-bond donors (Lipinski definition) is 0. The fraction of sp³-hybridized carbons (Fsp3) is 0.231. The van der Waals surface area contributed by atoms with Gasteiger partial charge in [0, 0.05) is 0 Å². The lowest BCUT2D eigenvalue weighted by molar-refractivity contribution is -0.115. The van der Waals surface area contributed by atoms with E-state index < -0.39 is 35.6 Å². The molecule has 0 amide bonds. The van der Waals surface area contributed by atoms with Crippen molar-refractivity contribution in [1.29, 1.82) is 0 Å². The number of ketones is 1. The Morgan fingerprint density at radius 1 is 1.09 bits per heavy atom. The zero-order valence-corrected chi connectivity index (χ0v) is 16.0. The third-order valence-corrected chi connectivity index (χ3v) is 6.70. The average molecular weight is 436 g/mol. The highest BCUT2D eigenvalue weighted by atomic mass is 35.5. The predicted molar refractivity (Wildman–Crippen MR) is 93.6 cm³/mol. The topological polar surface area (TPSA) is 63.6 Å². The first-order valence-corrected chi connectivity index (χ1v) is 9.41. The molecular formula is C13H8Cl5NO3S. The number of nitrogens with zero attached hydrogens (tertiary/aromatic N) is 1. The monoisotopic (exact) mass is 433 g/mol. The normalized spacial score (nSPS) is 23.5. The number of alkyl halides is 3. The molecule has 1 aromatic carbocycles. The Kier molecular flexibility index (Phi) is 5.41. The summed E-state index contributed by atoms with van der Waals surface area (Å²) in [7, 11) is -4.14. The zero-order chi connectivity index (χ0) is 17.6. The van der Waals surface area contributed by atoms with Gasteiger partial charge >= 0.3 is 0 Å². The number of Topliss-reactive ketones (excluding diaryl/α,β-unsaturated/α-hetero) is 1. The van der Waals surface area contributed by atoms with E-state index >= 15 is 0 Å². The van der Waals surface area contributed by atoms with Crippen molar-refractivity contribution in [1.82, 2.24) is 0 Å². The van der Waals surface area contributed by atoms with Gasteiger partial charge in [0.15, 0.2) is 0 Å². The molecule has 0 N–H and O–H groups in total. The highest BCUT2D eigenvalue weighted by Crippen LogP contribution is 2.42. The van der Waals surface area contributed by atoms with Gasteiger partial charge in [-0.15, -0.1) is 11.6 Å². The van der Waals surface area contributed by atoms with E-state index in [9.17, 15) is 13.2 Å². The SMILES string of the molecule is Cc1ccc(S(=O)(=O)/N=C2/C(Cl)=C(Cl)C(=O)C(Cl)(Cl)C2Cl)cc1. The van der Waals surface area contributed by atoms with Gasteiger partial charge in [-0.3, -0.25) is 4.79 Å². The van der Waals surface area contributed by atoms with Crippen LogP contribution in [0, 0.1) is 6.92 Å². The molecule has 124 valence electrons. The number of carbonyl (C=O) groups is 1. The van der Waals surface area contributed by atoms with Gasteiger partial charge in [0.05, 0.1) is 15.6 Å². The minimum Gasteiger partial charge on any atom is -0.290 e. The van der Waals surface area contributed by atoms with E-state index in [1.807, 2.05) is 0 Å².